The van der Waals surface area contributed by atoms with Crippen molar-refractivity contribution in [2.45, 2.75) is 38.2 Å². The third-order valence-electron chi connectivity index (χ3n) is 3.65. The first-order chi connectivity index (χ1) is 8.68. The van der Waals surface area contributed by atoms with Crippen LogP contribution in [0.2, 0.25) is 0 Å². The van der Waals surface area contributed by atoms with Crippen molar-refractivity contribution in [2.75, 3.05) is 13.6 Å². The van der Waals surface area contributed by atoms with Crippen molar-refractivity contribution in [2.24, 2.45) is 5.92 Å². The van der Waals surface area contributed by atoms with E-state index >= 15 is 0 Å². The van der Waals surface area contributed by atoms with Crippen LogP contribution in [-0.4, -0.2) is 29.5 Å². The molecule has 1 aliphatic carbocycles. The highest BCUT2D eigenvalue weighted by Crippen LogP contribution is 2.26. The van der Waals surface area contributed by atoms with Crippen LogP contribution in [0.25, 0.3) is 0 Å². The smallest absolute Gasteiger partial charge is 0.225 e. The summed E-state index contributed by atoms with van der Waals surface area (Å²) in [5, 5.41) is 12.0. The molecule has 1 N–H and O–H groups in total. The van der Waals surface area contributed by atoms with Crippen molar-refractivity contribution in [3.63, 3.8) is 0 Å². The summed E-state index contributed by atoms with van der Waals surface area (Å²) >= 11 is 1.53. The van der Waals surface area contributed by atoms with E-state index in [-0.39, 0.29) is 11.8 Å². The van der Waals surface area contributed by atoms with Crippen LogP contribution in [0.5, 0.6) is 0 Å². The molecule has 3 nitrogen and oxygen atoms in total. The van der Waals surface area contributed by atoms with Gasteiger partial charge in [0.25, 0.3) is 0 Å². The molecule has 2 rings (SSSR count). The van der Waals surface area contributed by atoms with Crippen LogP contribution in [0.1, 0.15) is 43.1 Å². The molecule has 0 radical (unpaired) electrons. The highest BCUT2D eigenvalue weighted by atomic mass is 32.1. The fraction of sp³-hybridized carbons (Fsp3) is 0.643. The number of amides is 1. The molecule has 1 amide bonds. The number of likely N-dealkylation sites (N-methyl/N-ethyl adjacent to an activating group) is 1. The molecule has 1 unspecified atom stereocenters. The Morgan fingerprint density at radius 3 is 2.83 bits per heavy atom. The van der Waals surface area contributed by atoms with E-state index in [1.54, 1.807) is 11.9 Å². The Hall–Kier alpha value is -0.870. The minimum atomic E-state index is -0.553. The Labute approximate surface area is 112 Å². The van der Waals surface area contributed by atoms with Crippen molar-refractivity contribution in [3.8, 4) is 0 Å². The van der Waals surface area contributed by atoms with Gasteiger partial charge in [0.2, 0.25) is 5.91 Å². The van der Waals surface area contributed by atoms with Gasteiger partial charge in [0.1, 0.15) is 6.10 Å². The summed E-state index contributed by atoms with van der Waals surface area (Å²) in [6.45, 7) is 0.399. The number of thiophene rings is 1. The van der Waals surface area contributed by atoms with Crippen molar-refractivity contribution in [3.05, 3.63) is 22.4 Å². The van der Waals surface area contributed by atoms with E-state index < -0.39 is 6.10 Å². The Kier molecular flexibility index (Phi) is 4.78. The first kappa shape index (κ1) is 13.6. The SMILES string of the molecule is CN(CC(O)c1cccs1)C(=O)C1CCCCC1. The molecule has 1 aromatic heterocycles. The van der Waals surface area contributed by atoms with Gasteiger partial charge in [0.15, 0.2) is 0 Å². The van der Waals surface area contributed by atoms with Gasteiger partial charge in [-0.05, 0) is 24.3 Å². The van der Waals surface area contributed by atoms with Crippen LogP contribution in [0.3, 0.4) is 0 Å². The molecule has 1 aromatic rings. The molecule has 0 bridgehead atoms. The fourth-order valence-electron chi connectivity index (χ4n) is 2.58. The van der Waals surface area contributed by atoms with Gasteiger partial charge in [-0.15, -0.1) is 11.3 Å². The summed E-state index contributed by atoms with van der Waals surface area (Å²) in [7, 11) is 1.80. The van der Waals surface area contributed by atoms with Crippen molar-refractivity contribution in [1.29, 1.82) is 0 Å². The molecule has 1 saturated carbocycles. The van der Waals surface area contributed by atoms with Gasteiger partial charge in [0, 0.05) is 17.8 Å². The maximum Gasteiger partial charge on any atom is 0.225 e. The number of nitrogens with zero attached hydrogens (tertiary/aromatic N) is 1. The van der Waals surface area contributed by atoms with Crippen molar-refractivity contribution in [1.82, 2.24) is 4.90 Å². The molecule has 4 heteroatoms. The Morgan fingerprint density at radius 2 is 2.22 bits per heavy atom. The summed E-state index contributed by atoms with van der Waals surface area (Å²) in [6.07, 6.45) is 5.06. The molecule has 1 aliphatic rings. The molecule has 1 fully saturated rings. The number of hydrogen-bond acceptors (Lipinski definition) is 3. The van der Waals surface area contributed by atoms with Crippen molar-refractivity contribution >= 4 is 17.2 Å². The first-order valence-corrected chi connectivity index (χ1v) is 7.53. The van der Waals surface area contributed by atoms with Crippen LogP contribution in [0, 0.1) is 5.92 Å². The lowest BCUT2D eigenvalue weighted by Gasteiger charge is -2.27. The Balaban J connectivity index is 1.86. The molecular weight excluding hydrogens is 246 g/mol. The van der Waals surface area contributed by atoms with E-state index in [9.17, 15) is 9.90 Å². The number of rotatable bonds is 4. The molecule has 0 saturated heterocycles. The zero-order valence-corrected chi connectivity index (χ0v) is 11.7. The summed E-state index contributed by atoms with van der Waals surface area (Å²) in [6, 6.07) is 3.83. The standard InChI is InChI=1S/C14H21NO2S/c1-15(10-12(16)13-8-5-9-18-13)14(17)11-6-3-2-4-7-11/h5,8-9,11-12,16H,2-4,6-7,10H2,1H3. The molecular formula is C14H21NO2S. The van der Waals surface area contributed by atoms with Gasteiger partial charge in [0.05, 0.1) is 6.54 Å². The summed E-state index contributed by atoms with van der Waals surface area (Å²) in [4.78, 5) is 14.8. The van der Waals surface area contributed by atoms with E-state index in [1.165, 1.54) is 17.8 Å². The topological polar surface area (TPSA) is 40.5 Å². The average molecular weight is 267 g/mol. The number of aliphatic hydroxyl groups excluding tert-OH is 1. The maximum atomic E-state index is 12.2. The lowest BCUT2D eigenvalue weighted by molar-refractivity contribution is -0.136. The second-order valence-corrected chi connectivity index (χ2v) is 6.06. The predicted octanol–water partition coefficient (Wildman–Crippen LogP) is 2.82. The monoisotopic (exact) mass is 267 g/mol. The third kappa shape index (κ3) is 3.33. The van der Waals surface area contributed by atoms with Gasteiger partial charge >= 0.3 is 0 Å². The zero-order chi connectivity index (χ0) is 13.0. The summed E-state index contributed by atoms with van der Waals surface area (Å²) in [5.74, 6) is 0.379. The molecule has 0 spiro atoms. The normalized spacial score (nSPS) is 18.6. The number of hydrogen-bond donors (Lipinski definition) is 1. The van der Waals surface area contributed by atoms with Gasteiger partial charge in [-0.3, -0.25) is 4.79 Å². The molecule has 18 heavy (non-hydrogen) atoms. The highest BCUT2D eigenvalue weighted by molar-refractivity contribution is 7.10. The lowest BCUT2D eigenvalue weighted by Crippen LogP contribution is -2.36. The third-order valence-corrected chi connectivity index (χ3v) is 4.62. The second-order valence-electron chi connectivity index (χ2n) is 5.08. The van der Waals surface area contributed by atoms with E-state index in [1.807, 2.05) is 17.5 Å². The number of carbonyl (C=O) groups is 1. The van der Waals surface area contributed by atoms with Crippen LogP contribution in [0.15, 0.2) is 17.5 Å². The van der Waals surface area contributed by atoms with Crippen LogP contribution < -0.4 is 0 Å². The zero-order valence-electron chi connectivity index (χ0n) is 10.8. The predicted molar refractivity (Wildman–Crippen MR) is 73.5 cm³/mol. The minimum absolute atomic E-state index is 0.180. The molecule has 1 atom stereocenters. The number of carbonyl (C=O) groups excluding carboxylic acids is 1. The minimum Gasteiger partial charge on any atom is -0.386 e. The molecule has 100 valence electrons. The Bertz CT molecular complexity index is 371. The largest absolute Gasteiger partial charge is 0.386 e. The van der Waals surface area contributed by atoms with Gasteiger partial charge in [-0.1, -0.05) is 25.3 Å². The van der Waals surface area contributed by atoms with Crippen LogP contribution >= 0.6 is 11.3 Å². The van der Waals surface area contributed by atoms with Gasteiger partial charge < -0.3 is 10.0 Å². The molecule has 0 aliphatic heterocycles. The van der Waals surface area contributed by atoms with Gasteiger partial charge in [-0.25, -0.2) is 0 Å². The quantitative estimate of drug-likeness (QED) is 0.911. The molecule has 0 aromatic carbocycles. The van der Waals surface area contributed by atoms with E-state index in [2.05, 4.69) is 0 Å². The van der Waals surface area contributed by atoms with E-state index in [4.69, 9.17) is 0 Å². The Morgan fingerprint density at radius 1 is 1.50 bits per heavy atom. The van der Waals surface area contributed by atoms with E-state index in [0.717, 1.165) is 30.6 Å². The lowest BCUT2D eigenvalue weighted by atomic mass is 9.88. The fourth-order valence-corrected chi connectivity index (χ4v) is 3.28. The van der Waals surface area contributed by atoms with Crippen LogP contribution in [0.4, 0.5) is 0 Å². The summed E-state index contributed by atoms with van der Waals surface area (Å²) < 4.78 is 0. The van der Waals surface area contributed by atoms with Crippen LogP contribution in [-0.2, 0) is 4.79 Å². The van der Waals surface area contributed by atoms with E-state index in [0.29, 0.717) is 6.54 Å². The highest BCUT2D eigenvalue weighted by Gasteiger charge is 2.25. The van der Waals surface area contributed by atoms with Crippen molar-refractivity contribution < 1.29 is 9.90 Å². The molecule has 1 heterocycles. The average Bonchev–Trinajstić information content (AvgIpc) is 2.92. The van der Waals surface area contributed by atoms with Gasteiger partial charge in [-0.2, -0.15) is 0 Å². The number of aliphatic hydroxyl groups is 1. The first-order valence-electron chi connectivity index (χ1n) is 6.65. The summed E-state index contributed by atoms with van der Waals surface area (Å²) in [5.41, 5.74) is 0. The second kappa shape index (κ2) is 6.34. The maximum absolute atomic E-state index is 12.2.